The first kappa shape index (κ1) is 15.7. The summed E-state index contributed by atoms with van der Waals surface area (Å²) in [6.07, 6.45) is 0. The molecule has 0 heterocycles. The molecule has 0 aliphatic heterocycles. The van der Waals surface area contributed by atoms with Gasteiger partial charge in [-0.25, -0.2) is 0 Å². The molecule has 1 unspecified atom stereocenters. The molecular weight excluding hydrogens is 264 g/mol. The standard InChI is InChI=1S/C13H18N2O5/c1-4-14(8-9(2)13(16)17)10-5-6-11(15(18)19)12(7-10)20-3/h5-7,9H,4,8H2,1-3H3,(H,16,17). The van der Waals surface area contributed by atoms with Gasteiger partial charge in [-0.15, -0.1) is 0 Å². The lowest BCUT2D eigenvalue weighted by molar-refractivity contribution is -0.385. The van der Waals surface area contributed by atoms with Crippen molar-refractivity contribution in [1.82, 2.24) is 0 Å². The molecule has 20 heavy (non-hydrogen) atoms. The van der Waals surface area contributed by atoms with E-state index in [0.29, 0.717) is 18.8 Å². The van der Waals surface area contributed by atoms with Crippen LogP contribution < -0.4 is 9.64 Å². The van der Waals surface area contributed by atoms with E-state index in [1.807, 2.05) is 11.8 Å². The molecule has 0 saturated carbocycles. The average molecular weight is 282 g/mol. The third-order valence-corrected chi connectivity index (χ3v) is 3.02. The highest BCUT2D eigenvalue weighted by Gasteiger charge is 2.19. The highest BCUT2D eigenvalue weighted by Crippen LogP contribution is 2.31. The van der Waals surface area contributed by atoms with Crippen molar-refractivity contribution >= 4 is 17.3 Å². The Bertz CT molecular complexity index is 504. The van der Waals surface area contributed by atoms with E-state index in [4.69, 9.17) is 9.84 Å². The number of nitro groups is 1. The topological polar surface area (TPSA) is 92.9 Å². The molecule has 0 fully saturated rings. The molecule has 7 heteroatoms. The van der Waals surface area contributed by atoms with Crippen LogP contribution in [0.2, 0.25) is 0 Å². The Morgan fingerprint density at radius 1 is 1.55 bits per heavy atom. The highest BCUT2D eigenvalue weighted by atomic mass is 16.6. The first-order chi connectivity index (χ1) is 9.40. The molecule has 7 nitrogen and oxygen atoms in total. The number of anilines is 1. The zero-order valence-corrected chi connectivity index (χ0v) is 11.7. The van der Waals surface area contributed by atoms with Gasteiger partial charge in [0.15, 0.2) is 5.75 Å². The van der Waals surface area contributed by atoms with Crippen LogP contribution in [0.1, 0.15) is 13.8 Å². The third kappa shape index (κ3) is 3.59. The van der Waals surface area contributed by atoms with Crippen molar-refractivity contribution in [2.75, 3.05) is 25.1 Å². The van der Waals surface area contributed by atoms with E-state index in [0.717, 1.165) is 0 Å². The maximum Gasteiger partial charge on any atom is 0.311 e. The number of nitrogens with zero attached hydrogens (tertiary/aromatic N) is 2. The number of hydrogen-bond acceptors (Lipinski definition) is 5. The molecule has 110 valence electrons. The van der Waals surface area contributed by atoms with E-state index >= 15 is 0 Å². The Morgan fingerprint density at radius 2 is 2.20 bits per heavy atom. The lowest BCUT2D eigenvalue weighted by Crippen LogP contribution is -2.31. The fraction of sp³-hybridized carbons (Fsp3) is 0.462. The summed E-state index contributed by atoms with van der Waals surface area (Å²) in [6.45, 7) is 4.43. The minimum atomic E-state index is -0.877. The number of carboxylic acid groups (broad SMARTS) is 1. The van der Waals surface area contributed by atoms with Crippen molar-refractivity contribution in [3.05, 3.63) is 28.3 Å². The van der Waals surface area contributed by atoms with E-state index in [9.17, 15) is 14.9 Å². The van der Waals surface area contributed by atoms with Crippen molar-refractivity contribution < 1.29 is 19.6 Å². The number of ether oxygens (including phenoxy) is 1. The summed E-state index contributed by atoms with van der Waals surface area (Å²) in [5.74, 6) is -1.25. The second-order valence-electron chi connectivity index (χ2n) is 4.39. The molecule has 0 amide bonds. The Hall–Kier alpha value is -2.31. The first-order valence-electron chi connectivity index (χ1n) is 6.20. The molecule has 1 aromatic carbocycles. The predicted molar refractivity (Wildman–Crippen MR) is 74.3 cm³/mol. The van der Waals surface area contributed by atoms with Crippen LogP contribution in [0, 0.1) is 16.0 Å². The van der Waals surface area contributed by atoms with Crippen LogP contribution in [0.3, 0.4) is 0 Å². The van der Waals surface area contributed by atoms with Crippen molar-refractivity contribution in [3.8, 4) is 5.75 Å². The highest BCUT2D eigenvalue weighted by molar-refractivity contribution is 5.70. The Balaban J connectivity index is 3.04. The van der Waals surface area contributed by atoms with Crippen LogP contribution in [-0.2, 0) is 4.79 Å². The van der Waals surface area contributed by atoms with Gasteiger partial charge in [0, 0.05) is 30.9 Å². The smallest absolute Gasteiger partial charge is 0.311 e. The zero-order chi connectivity index (χ0) is 15.3. The van der Waals surface area contributed by atoms with Gasteiger partial charge in [-0.1, -0.05) is 6.92 Å². The maximum absolute atomic E-state index is 10.9. The van der Waals surface area contributed by atoms with Crippen LogP contribution in [-0.4, -0.2) is 36.2 Å². The number of carbonyl (C=O) groups is 1. The number of rotatable bonds is 7. The summed E-state index contributed by atoms with van der Waals surface area (Å²) in [7, 11) is 1.36. The Kier molecular flexibility index (Phi) is 5.31. The molecule has 0 spiro atoms. The zero-order valence-electron chi connectivity index (χ0n) is 11.7. The molecule has 0 radical (unpaired) electrons. The quantitative estimate of drug-likeness (QED) is 0.608. The van der Waals surface area contributed by atoms with Gasteiger partial charge in [-0.3, -0.25) is 14.9 Å². The molecule has 1 aromatic rings. The summed E-state index contributed by atoms with van der Waals surface area (Å²) in [5.41, 5.74) is 0.585. The van der Waals surface area contributed by atoms with Crippen LogP contribution >= 0.6 is 0 Å². The molecule has 0 saturated heterocycles. The van der Waals surface area contributed by atoms with Gasteiger partial charge >= 0.3 is 11.7 Å². The predicted octanol–water partition coefficient (Wildman–Crippen LogP) is 2.15. The minimum absolute atomic E-state index is 0.112. The minimum Gasteiger partial charge on any atom is -0.490 e. The van der Waals surface area contributed by atoms with Crippen molar-refractivity contribution in [1.29, 1.82) is 0 Å². The summed E-state index contributed by atoms with van der Waals surface area (Å²) in [5, 5.41) is 19.8. The number of benzene rings is 1. The summed E-state index contributed by atoms with van der Waals surface area (Å²) in [6, 6.07) is 4.51. The molecule has 0 aromatic heterocycles. The van der Waals surface area contributed by atoms with E-state index in [1.165, 1.54) is 13.2 Å². The van der Waals surface area contributed by atoms with Crippen LogP contribution in [0.4, 0.5) is 11.4 Å². The molecule has 0 aliphatic rings. The Morgan fingerprint density at radius 3 is 2.65 bits per heavy atom. The summed E-state index contributed by atoms with van der Waals surface area (Å²) in [4.78, 5) is 23.1. The van der Waals surface area contributed by atoms with Gasteiger partial charge in [0.2, 0.25) is 0 Å². The van der Waals surface area contributed by atoms with E-state index in [-0.39, 0.29) is 11.4 Å². The maximum atomic E-state index is 10.9. The third-order valence-electron chi connectivity index (χ3n) is 3.02. The monoisotopic (exact) mass is 282 g/mol. The lowest BCUT2D eigenvalue weighted by atomic mass is 10.1. The molecule has 1 atom stereocenters. The van der Waals surface area contributed by atoms with Crippen molar-refractivity contribution in [2.24, 2.45) is 5.92 Å². The van der Waals surface area contributed by atoms with Crippen molar-refractivity contribution in [2.45, 2.75) is 13.8 Å². The molecule has 1 rings (SSSR count). The molecule has 0 aliphatic carbocycles. The summed E-state index contributed by atoms with van der Waals surface area (Å²) >= 11 is 0. The molecule has 0 bridgehead atoms. The second-order valence-corrected chi connectivity index (χ2v) is 4.39. The lowest BCUT2D eigenvalue weighted by Gasteiger charge is -2.25. The van der Waals surface area contributed by atoms with Gasteiger partial charge in [0.1, 0.15) is 0 Å². The van der Waals surface area contributed by atoms with Gasteiger partial charge < -0.3 is 14.7 Å². The van der Waals surface area contributed by atoms with Crippen LogP contribution in [0.25, 0.3) is 0 Å². The fourth-order valence-corrected chi connectivity index (χ4v) is 1.84. The van der Waals surface area contributed by atoms with Gasteiger partial charge in [0.05, 0.1) is 18.0 Å². The van der Waals surface area contributed by atoms with E-state index in [2.05, 4.69) is 0 Å². The molecule has 1 N–H and O–H groups in total. The molecular formula is C13H18N2O5. The SMILES string of the molecule is CCN(CC(C)C(=O)O)c1ccc([N+](=O)[O-])c(OC)c1. The van der Waals surface area contributed by atoms with Gasteiger partial charge in [-0.2, -0.15) is 0 Å². The number of nitro benzene ring substituents is 1. The van der Waals surface area contributed by atoms with E-state index in [1.54, 1.807) is 19.1 Å². The average Bonchev–Trinajstić information content (AvgIpc) is 2.43. The second kappa shape index (κ2) is 6.74. The Labute approximate surface area is 116 Å². The number of hydrogen-bond donors (Lipinski definition) is 1. The summed E-state index contributed by atoms with van der Waals surface area (Å²) < 4.78 is 5.01. The van der Waals surface area contributed by atoms with Gasteiger partial charge in [-0.05, 0) is 13.0 Å². The van der Waals surface area contributed by atoms with Crippen molar-refractivity contribution in [3.63, 3.8) is 0 Å². The van der Waals surface area contributed by atoms with E-state index < -0.39 is 16.8 Å². The van der Waals surface area contributed by atoms with Gasteiger partial charge in [0.25, 0.3) is 0 Å². The fourth-order valence-electron chi connectivity index (χ4n) is 1.84. The number of carboxylic acids is 1. The van der Waals surface area contributed by atoms with Crippen LogP contribution in [0.5, 0.6) is 5.75 Å². The number of aliphatic carboxylic acids is 1. The normalized spacial score (nSPS) is 11.8. The largest absolute Gasteiger partial charge is 0.490 e. The van der Waals surface area contributed by atoms with Crippen LogP contribution in [0.15, 0.2) is 18.2 Å². The number of methoxy groups -OCH3 is 1. The first-order valence-corrected chi connectivity index (χ1v) is 6.20.